The van der Waals surface area contributed by atoms with Gasteiger partial charge in [-0.3, -0.25) is 9.78 Å². The van der Waals surface area contributed by atoms with Crippen LogP contribution in [0.3, 0.4) is 0 Å². The number of halogens is 3. The highest BCUT2D eigenvalue weighted by Crippen LogP contribution is 2.30. The van der Waals surface area contributed by atoms with Crippen molar-refractivity contribution >= 4 is 12.1 Å². The van der Waals surface area contributed by atoms with Crippen LogP contribution in [0.1, 0.15) is 19.0 Å². The van der Waals surface area contributed by atoms with Crippen LogP contribution in [0, 0.1) is 5.41 Å². The molecule has 0 saturated heterocycles. The first-order chi connectivity index (χ1) is 10.9. The number of pyridine rings is 1. The molecule has 0 spiro atoms. The summed E-state index contributed by atoms with van der Waals surface area (Å²) in [6.07, 6.45) is -0.506. The van der Waals surface area contributed by atoms with Crippen molar-refractivity contribution in [3.63, 3.8) is 0 Å². The Labute approximate surface area is 132 Å². The quantitative estimate of drug-likeness (QED) is 0.779. The van der Waals surface area contributed by atoms with E-state index in [0.717, 1.165) is 6.42 Å². The molecule has 5 nitrogen and oxygen atoms in total. The van der Waals surface area contributed by atoms with E-state index in [1.165, 1.54) is 6.21 Å². The molecule has 0 fully saturated rings. The lowest BCUT2D eigenvalue weighted by atomic mass is 9.83. The van der Waals surface area contributed by atoms with Crippen molar-refractivity contribution in [1.82, 2.24) is 15.3 Å². The fourth-order valence-corrected chi connectivity index (χ4v) is 2.45. The van der Waals surface area contributed by atoms with Crippen LogP contribution in [0.5, 0.6) is 0 Å². The predicted octanol–water partition coefficient (Wildman–Crippen LogP) is 2.00. The minimum absolute atomic E-state index is 0.210. The lowest BCUT2D eigenvalue weighted by Gasteiger charge is -2.26. The number of hydrogen-bond donors (Lipinski definition) is 1. The average Bonchev–Trinajstić information content (AvgIpc) is 2.77. The molecule has 8 heteroatoms. The molecule has 1 aromatic rings. The summed E-state index contributed by atoms with van der Waals surface area (Å²) in [4.78, 5) is 16.7. The number of carbonyl (C=O) groups excluding carboxylic acids is 1. The van der Waals surface area contributed by atoms with Crippen LogP contribution >= 0.6 is 0 Å². The van der Waals surface area contributed by atoms with E-state index in [1.807, 2.05) is 6.92 Å². The molecule has 1 N–H and O–H groups in total. The topological polar surface area (TPSA) is 57.6 Å². The highest BCUT2D eigenvalue weighted by Gasteiger charge is 2.47. The maximum Gasteiger partial charge on any atom is 0.408 e. The number of nitrogens with zero attached hydrogens (tertiary/aromatic N) is 3. The van der Waals surface area contributed by atoms with Crippen LogP contribution in [-0.4, -0.2) is 47.9 Å². The SMILES string of the molecule is CCCNCC1(Cc2ccccn2)C=NN(CC(F)(F)F)C1=O. The zero-order chi connectivity index (χ0) is 16.9. The molecule has 0 aliphatic carbocycles. The number of nitrogens with one attached hydrogen (secondary N) is 1. The molecular formula is C15H19F3N4O. The Bertz CT molecular complexity index is 562. The van der Waals surface area contributed by atoms with Crippen molar-refractivity contribution in [2.75, 3.05) is 19.6 Å². The van der Waals surface area contributed by atoms with Gasteiger partial charge in [0.2, 0.25) is 0 Å². The van der Waals surface area contributed by atoms with Gasteiger partial charge in [0, 0.05) is 31.1 Å². The number of alkyl halides is 3. The fourth-order valence-electron chi connectivity index (χ4n) is 2.45. The molecule has 2 rings (SSSR count). The molecule has 23 heavy (non-hydrogen) atoms. The van der Waals surface area contributed by atoms with E-state index in [9.17, 15) is 18.0 Å². The number of aromatic nitrogens is 1. The second-order valence-electron chi connectivity index (χ2n) is 5.55. The highest BCUT2D eigenvalue weighted by atomic mass is 19.4. The maximum absolute atomic E-state index is 12.6. The van der Waals surface area contributed by atoms with Crippen molar-refractivity contribution in [1.29, 1.82) is 0 Å². The van der Waals surface area contributed by atoms with Crippen LogP contribution in [0.15, 0.2) is 29.5 Å². The monoisotopic (exact) mass is 328 g/mol. The van der Waals surface area contributed by atoms with Crippen molar-refractivity contribution in [2.45, 2.75) is 25.9 Å². The molecule has 1 unspecified atom stereocenters. The summed E-state index contributed by atoms with van der Waals surface area (Å²) in [6.45, 7) is 1.50. The molecule has 2 heterocycles. The zero-order valence-corrected chi connectivity index (χ0v) is 12.8. The third kappa shape index (κ3) is 4.51. The number of carbonyl (C=O) groups is 1. The summed E-state index contributed by atoms with van der Waals surface area (Å²) >= 11 is 0. The molecule has 126 valence electrons. The zero-order valence-electron chi connectivity index (χ0n) is 12.8. The summed E-state index contributed by atoms with van der Waals surface area (Å²) in [7, 11) is 0. The first-order valence-electron chi connectivity index (χ1n) is 7.41. The van der Waals surface area contributed by atoms with Gasteiger partial charge in [-0.15, -0.1) is 0 Å². The first-order valence-corrected chi connectivity index (χ1v) is 7.41. The minimum atomic E-state index is -4.48. The summed E-state index contributed by atoms with van der Waals surface area (Å²) < 4.78 is 37.7. The Kier molecular flexibility index (Phi) is 5.35. The van der Waals surface area contributed by atoms with Crippen molar-refractivity contribution in [2.24, 2.45) is 10.5 Å². The van der Waals surface area contributed by atoms with E-state index in [-0.39, 0.29) is 13.0 Å². The Morgan fingerprint density at radius 2 is 2.13 bits per heavy atom. The summed E-state index contributed by atoms with van der Waals surface area (Å²) in [5.41, 5.74) is -0.492. The molecule has 0 saturated carbocycles. The first kappa shape index (κ1) is 17.4. The van der Waals surface area contributed by atoms with Gasteiger partial charge in [0.1, 0.15) is 12.0 Å². The van der Waals surface area contributed by atoms with E-state index in [2.05, 4.69) is 15.4 Å². The number of hydrazone groups is 1. The van der Waals surface area contributed by atoms with Gasteiger partial charge in [0.25, 0.3) is 5.91 Å². The van der Waals surface area contributed by atoms with Gasteiger partial charge < -0.3 is 5.32 Å². The predicted molar refractivity (Wildman–Crippen MR) is 79.8 cm³/mol. The maximum atomic E-state index is 12.6. The van der Waals surface area contributed by atoms with Crippen molar-refractivity contribution in [3.8, 4) is 0 Å². The van der Waals surface area contributed by atoms with E-state index >= 15 is 0 Å². The lowest BCUT2D eigenvalue weighted by molar-refractivity contribution is -0.163. The van der Waals surface area contributed by atoms with Gasteiger partial charge in [0.05, 0.1) is 0 Å². The molecule has 1 amide bonds. The van der Waals surface area contributed by atoms with Gasteiger partial charge in [0.15, 0.2) is 0 Å². The van der Waals surface area contributed by atoms with E-state index in [0.29, 0.717) is 17.2 Å². The normalized spacial score (nSPS) is 21.2. The number of hydrogen-bond acceptors (Lipinski definition) is 4. The van der Waals surface area contributed by atoms with E-state index in [4.69, 9.17) is 0 Å². The second-order valence-corrected chi connectivity index (χ2v) is 5.55. The molecule has 0 radical (unpaired) electrons. The van der Waals surface area contributed by atoms with Gasteiger partial charge in [-0.2, -0.15) is 18.3 Å². The molecule has 1 atom stereocenters. The Balaban J connectivity index is 2.18. The average molecular weight is 328 g/mol. The Morgan fingerprint density at radius 1 is 1.35 bits per heavy atom. The number of rotatable bonds is 7. The minimum Gasteiger partial charge on any atom is -0.315 e. The van der Waals surface area contributed by atoms with Crippen LogP contribution in [0.25, 0.3) is 0 Å². The van der Waals surface area contributed by atoms with Gasteiger partial charge in [-0.25, -0.2) is 5.01 Å². The van der Waals surface area contributed by atoms with Gasteiger partial charge in [-0.05, 0) is 25.1 Å². The molecule has 1 aromatic heterocycles. The summed E-state index contributed by atoms with van der Waals surface area (Å²) in [5.74, 6) is -0.649. The third-order valence-electron chi connectivity index (χ3n) is 3.52. The molecule has 1 aliphatic rings. The van der Waals surface area contributed by atoms with Crippen molar-refractivity contribution in [3.05, 3.63) is 30.1 Å². The van der Waals surface area contributed by atoms with Crippen LogP contribution in [-0.2, 0) is 11.2 Å². The highest BCUT2D eigenvalue weighted by molar-refractivity contribution is 6.02. The van der Waals surface area contributed by atoms with Crippen LogP contribution in [0.2, 0.25) is 0 Å². The largest absolute Gasteiger partial charge is 0.408 e. The smallest absolute Gasteiger partial charge is 0.315 e. The number of amides is 1. The molecular weight excluding hydrogens is 309 g/mol. The van der Waals surface area contributed by atoms with Gasteiger partial charge in [-0.1, -0.05) is 13.0 Å². The van der Waals surface area contributed by atoms with Crippen molar-refractivity contribution < 1.29 is 18.0 Å². The summed E-state index contributed by atoms with van der Waals surface area (Å²) in [5, 5.41) is 7.30. The standard InChI is InChI=1S/C15H19F3N4O/c1-2-6-19-9-14(8-12-5-3-4-7-20-12)10-21-22(13(14)23)11-15(16,17)18/h3-5,7,10,19H,2,6,8-9,11H2,1H3. The van der Waals surface area contributed by atoms with E-state index < -0.39 is 24.0 Å². The lowest BCUT2D eigenvalue weighted by Crippen LogP contribution is -2.47. The molecule has 0 aromatic carbocycles. The third-order valence-corrected chi connectivity index (χ3v) is 3.52. The van der Waals surface area contributed by atoms with Crippen LogP contribution in [0.4, 0.5) is 13.2 Å². The summed E-state index contributed by atoms with van der Waals surface area (Å²) in [6, 6.07) is 5.26. The molecule has 0 bridgehead atoms. The Hall–Kier alpha value is -1.96. The van der Waals surface area contributed by atoms with Crippen LogP contribution < -0.4 is 5.32 Å². The fraction of sp³-hybridized carbons (Fsp3) is 0.533. The molecule has 1 aliphatic heterocycles. The second kappa shape index (κ2) is 7.08. The Morgan fingerprint density at radius 3 is 2.74 bits per heavy atom. The van der Waals surface area contributed by atoms with Gasteiger partial charge >= 0.3 is 6.18 Å². The van der Waals surface area contributed by atoms with E-state index in [1.54, 1.807) is 24.4 Å².